The summed E-state index contributed by atoms with van der Waals surface area (Å²) >= 11 is 0. The summed E-state index contributed by atoms with van der Waals surface area (Å²) in [6, 6.07) is 0. The summed E-state index contributed by atoms with van der Waals surface area (Å²) in [5.41, 5.74) is 0. The van der Waals surface area contributed by atoms with Crippen molar-refractivity contribution in [2.24, 2.45) is 0 Å². The van der Waals surface area contributed by atoms with Gasteiger partial charge < -0.3 is 0 Å². The lowest BCUT2D eigenvalue weighted by Gasteiger charge is -2.02. The minimum Gasteiger partial charge on any atom is -0.0917 e. The lowest BCUT2D eigenvalue weighted by molar-refractivity contribution is 0.542. The van der Waals surface area contributed by atoms with Crippen LogP contribution < -0.4 is 0 Å². The van der Waals surface area contributed by atoms with E-state index in [-0.39, 0.29) is 0 Å². The van der Waals surface area contributed by atoms with E-state index < -0.39 is 0 Å². The fourth-order valence-corrected chi connectivity index (χ4v) is 2.37. The molecule has 107 valence electrons. The molecule has 0 fully saturated rings. The van der Waals surface area contributed by atoms with Gasteiger partial charge in [-0.3, -0.25) is 0 Å². The average Bonchev–Trinajstić information content (AvgIpc) is 2.39. The van der Waals surface area contributed by atoms with Gasteiger partial charge in [-0.15, -0.1) is 0 Å². The van der Waals surface area contributed by atoms with Crippen molar-refractivity contribution in [2.45, 2.75) is 96.8 Å². The summed E-state index contributed by atoms with van der Waals surface area (Å²) in [6.45, 7) is 5.99. The molecule has 0 nitrogen and oxygen atoms in total. The van der Waals surface area contributed by atoms with E-state index in [0.29, 0.717) is 0 Å². The molecule has 0 unspecified atom stereocenters. The van der Waals surface area contributed by atoms with E-state index >= 15 is 0 Å². The molecule has 0 heterocycles. The van der Waals surface area contributed by atoms with E-state index in [2.05, 4.69) is 26.0 Å². The summed E-state index contributed by atoms with van der Waals surface area (Å²) in [5, 5.41) is 0. The number of allylic oxidation sites excluding steroid dienone is 2. The molecule has 1 radical (unpaired) electrons. The van der Waals surface area contributed by atoms with Crippen LogP contribution in [-0.2, 0) is 0 Å². The molecule has 0 aliphatic heterocycles. The van der Waals surface area contributed by atoms with Gasteiger partial charge in [-0.05, 0) is 19.8 Å². The quantitative estimate of drug-likeness (QED) is 0.234. The molecular formula is C18H35. The maximum atomic E-state index is 3.88. The van der Waals surface area contributed by atoms with Crippen LogP contribution in [0.15, 0.2) is 12.2 Å². The van der Waals surface area contributed by atoms with E-state index in [0.717, 1.165) is 6.42 Å². The van der Waals surface area contributed by atoms with E-state index in [1.165, 1.54) is 83.5 Å². The van der Waals surface area contributed by atoms with E-state index in [1.54, 1.807) is 0 Å². The Morgan fingerprint density at radius 1 is 0.611 bits per heavy atom. The first kappa shape index (κ1) is 17.7. The van der Waals surface area contributed by atoms with E-state index in [4.69, 9.17) is 0 Å². The predicted octanol–water partition coefficient (Wildman–Crippen LogP) is 6.86. The van der Waals surface area contributed by atoms with Crippen LogP contribution in [0.3, 0.4) is 0 Å². The Hall–Kier alpha value is -0.260. The van der Waals surface area contributed by atoms with Crippen molar-refractivity contribution in [3.8, 4) is 0 Å². The summed E-state index contributed by atoms with van der Waals surface area (Å²) in [4.78, 5) is 0. The molecule has 0 saturated heterocycles. The second kappa shape index (κ2) is 16.7. The Bertz CT molecular complexity index is 157. The Labute approximate surface area is 116 Å². The standard InChI is InChI=1S/C18H35/c1-3-5-7-9-11-13-15-17-18-16-14-12-10-8-6-4-2/h4,6H,1,3,5,7-18H2,2H3/b6-4+. The minimum atomic E-state index is 1.12. The van der Waals surface area contributed by atoms with E-state index in [9.17, 15) is 0 Å². The SMILES string of the molecule is [CH2]CCCCCCCCCCCCCC/C=C/C. The molecule has 0 aliphatic rings. The Balaban J connectivity index is 2.90. The number of unbranched alkanes of at least 4 members (excludes halogenated alkanes) is 13. The first-order chi connectivity index (χ1) is 8.91. The zero-order valence-corrected chi connectivity index (χ0v) is 12.8. The molecule has 0 rings (SSSR count). The van der Waals surface area contributed by atoms with Crippen LogP contribution in [0.1, 0.15) is 96.8 Å². The first-order valence-corrected chi connectivity index (χ1v) is 8.32. The first-order valence-electron chi connectivity index (χ1n) is 8.32. The van der Waals surface area contributed by atoms with Crippen LogP contribution in [0.5, 0.6) is 0 Å². The second-order valence-corrected chi connectivity index (χ2v) is 5.45. The maximum Gasteiger partial charge on any atom is -0.0351 e. The van der Waals surface area contributed by atoms with Gasteiger partial charge in [0.05, 0.1) is 0 Å². The van der Waals surface area contributed by atoms with Gasteiger partial charge in [0.1, 0.15) is 0 Å². The molecule has 0 aliphatic carbocycles. The summed E-state index contributed by atoms with van der Waals surface area (Å²) in [5.74, 6) is 0. The molecule has 0 aromatic rings. The highest BCUT2D eigenvalue weighted by Gasteiger charge is 1.93. The second-order valence-electron chi connectivity index (χ2n) is 5.45. The molecule has 0 bridgehead atoms. The zero-order valence-electron chi connectivity index (χ0n) is 12.8. The van der Waals surface area contributed by atoms with Crippen LogP contribution >= 0.6 is 0 Å². The zero-order chi connectivity index (χ0) is 13.3. The van der Waals surface area contributed by atoms with Crippen molar-refractivity contribution >= 4 is 0 Å². The molecule has 0 heteroatoms. The number of rotatable bonds is 14. The van der Waals surface area contributed by atoms with Gasteiger partial charge in [-0.1, -0.05) is 96.1 Å². The fourth-order valence-electron chi connectivity index (χ4n) is 2.37. The van der Waals surface area contributed by atoms with Gasteiger partial charge >= 0.3 is 0 Å². The molecule has 0 aromatic carbocycles. The fraction of sp³-hybridized carbons (Fsp3) is 0.833. The topological polar surface area (TPSA) is 0 Å². The number of hydrogen-bond acceptors (Lipinski definition) is 0. The van der Waals surface area contributed by atoms with E-state index in [1.807, 2.05) is 0 Å². The van der Waals surface area contributed by atoms with Crippen LogP contribution in [0, 0.1) is 6.92 Å². The van der Waals surface area contributed by atoms with Crippen LogP contribution in [0.2, 0.25) is 0 Å². The minimum absolute atomic E-state index is 1.12. The number of hydrogen-bond donors (Lipinski definition) is 0. The summed E-state index contributed by atoms with van der Waals surface area (Å²) < 4.78 is 0. The van der Waals surface area contributed by atoms with Crippen molar-refractivity contribution in [3.63, 3.8) is 0 Å². The van der Waals surface area contributed by atoms with Crippen LogP contribution in [-0.4, -0.2) is 0 Å². The van der Waals surface area contributed by atoms with Crippen LogP contribution in [0.4, 0.5) is 0 Å². The third-order valence-electron chi connectivity index (χ3n) is 3.61. The molecular weight excluding hydrogens is 216 g/mol. The molecule has 0 N–H and O–H groups in total. The Morgan fingerprint density at radius 2 is 1.00 bits per heavy atom. The highest BCUT2D eigenvalue weighted by atomic mass is 14.0. The lowest BCUT2D eigenvalue weighted by Crippen LogP contribution is -1.82. The molecule has 0 aromatic heterocycles. The third-order valence-corrected chi connectivity index (χ3v) is 3.61. The monoisotopic (exact) mass is 251 g/mol. The lowest BCUT2D eigenvalue weighted by atomic mass is 10.0. The van der Waals surface area contributed by atoms with Gasteiger partial charge in [-0.25, -0.2) is 0 Å². The maximum absolute atomic E-state index is 3.88. The van der Waals surface area contributed by atoms with Gasteiger partial charge in [-0.2, -0.15) is 0 Å². The highest BCUT2D eigenvalue weighted by molar-refractivity contribution is 4.76. The van der Waals surface area contributed by atoms with Crippen molar-refractivity contribution in [1.82, 2.24) is 0 Å². The van der Waals surface area contributed by atoms with Crippen molar-refractivity contribution in [1.29, 1.82) is 0 Å². The summed E-state index contributed by atoms with van der Waals surface area (Å²) in [6.07, 6.45) is 24.0. The molecule has 0 saturated carbocycles. The largest absolute Gasteiger partial charge is 0.0917 e. The average molecular weight is 251 g/mol. The molecule has 0 atom stereocenters. The van der Waals surface area contributed by atoms with Gasteiger partial charge in [0, 0.05) is 0 Å². The van der Waals surface area contributed by atoms with Gasteiger partial charge in [0.15, 0.2) is 0 Å². The predicted molar refractivity (Wildman–Crippen MR) is 84.8 cm³/mol. The Kier molecular flexibility index (Phi) is 16.5. The normalized spacial score (nSPS) is 11.4. The van der Waals surface area contributed by atoms with Crippen molar-refractivity contribution in [2.75, 3.05) is 0 Å². The smallest absolute Gasteiger partial charge is 0.0351 e. The molecule has 18 heavy (non-hydrogen) atoms. The van der Waals surface area contributed by atoms with Gasteiger partial charge in [0.2, 0.25) is 0 Å². The molecule has 0 spiro atoms. The molecule has 0 amide bonds. The van der Waals surface area contributed by atoms with Gasteiger partial charge in [0.25, 0.3) is 0 Å². The van der Waals surface area contributed by atoms with Crippen molar-refractivity contribution in [3.05, 3.63) is 19.1 Å². The summed E-state index contributed by atoms with van der Waals surface area (Å²) in [7, 11) is 0. The third kappa shape index (κ3) is 15.7. The Morgan fingerprint density at radius 3 is 1.39 bits per heavy atom. The van der Waals surface area contributed by atoms with Crippen molar-refractivity contribution < 1.29 is 0 Å². The van der Waals surface area contributed by atoms with Crippen LogP contribution in [0.25, 0.3) is 0 Å². The highest BCUT2D eigenvalue weighted by Crippen LogP contribution is 2.12.